The second kappa shape index (κ2) is 6.56. The Morgan fingerprint density at radius 1 is 1.35 bits per heavy atom. The van der Waals surface area contributed by atoms with Crippen molar-refractivity contribution in [3.63, 3.8) is 0 Å². The molecule has 0 atom stereocenters. The normalized spacial score (nSPS) is 16.1. The van der Waals surface area contributed by atoms with E-state index in [1.54, 1.807) is 12.1 Å². The lowest BCUT2D eigenvalue weighted by molar-refractivity contribution is -0.386. The lowest BCUT2D eigenvalue weighted by Crippen LogP contribution is -2.34. The summed E-state index contributed by atoms with van der Waals surface area (Å²) in [5, 5.41) is 14.2. The Hall–Kier alpha value is -1.82. The van der Waals surface area contributed by atoms with Crippen LogP contribution in [0, 0.1) is 10.1 Å². The highest BCUT2D eigenvalue weighted by Crippen LogP contribution is 2.32. The second-order valence-electron chi connectivity index (χ2n) is 5.12. The summed E-state index contributed by atoms with van der Waals surface area (Å²) in [6.45, 7) is 5.55. The van der Waals surface area contributed by atoms with Gasteiger partial charge in [0.2, 0.25) is 5.75 Å². The fraction of sp³-hybridized carbons (Fsp3) is 0.571. The maximum absolute atomic E-state index is 11.0. The van der Waals surface area contributed by atoms with Gasteiger partial charge in [-0.1, -0.05) is 0 Å². The number of nitro benzene ring substituents is 1. The lowest BCUT2D eigenvalue weighted by Gasteiger charge is -2.24. The predicted octanol–water partition coefficient (Wildman–Crippen LogP) is 2.51. The molecule has 0 bridgehead atoms. The number of nitro groups is 1. The van der Waals surface area contributed by atoms with E-state index in [1.807, 2.05) is 13.8 Å². The van der Waals surface area contributed by atoms with Gasteiger partial charge in [0.25, 0.3) is 0 Å². The number of benzene rings is 1. The minimum absolute atomic E-state index is 0.0311. The molecule has 1 aromatic rings. The molecule has 0 aliphatic carbocycles. The minimum Gasteiger partial charge on any atom is -0.490 e. The quantitative estimate of drug-likeness (QED) is 0.662. The van der Waals surface area contributed by atoms with E-state index in [2.05, 4.69) is 5.32 Å². The average molecular weight is 280 g/mol. The van der Waals surface area contributed by atoms with E-state index in [1.165, 1.54) is 6.07 Å². The highest BCUT2D eigenvalue weighted by molar-refractivity contribution is 5.50. The van der Waals surface area contributed by atoms with Crippen LogP contribution in [0.15, 0.2) is 18.2 Å². The van der Waals surface area contributed by atoms with Crippen LogP contribution >= 0.6 is 0 Å². The van der Waals surface area contributed by atoms with Gasteiger partial charge in [-0.05, 0) is 45.8 Å². The van der Waals surface area contributed by atoms with Crippen LogP contribution in [0.4, 0.5) is 5.69 Å². The Kier molecular flexibility index (Phi) is 4.79. The summed E-state index contributed by atoms with van der Waals surface area (Å²) in [5.74, 6) is 0.884. The van der Waals surface area contributed by atoms with Crippen LogP contribution in [0.5, 0.6) is 11.5 Å². The summed E-state index contributed by atoms with van der Waals surface area (Å²) in [6, 6.07) is 4.68. The number of hydrogen-bond acceptors (Lipinski definition) is 5. The molecular formula is C14H20N2O4. The molecule has 6 nitrogen and oxygen atoms in total. The van der Waals surface area contributed by atoms with E-state index in [-0.39, 0.29) is 23.6 Å². The van der Waals surface area contributed by atoms with Gasteiger partial charge in [0, 0.05) is 12.1 Å². The van der Waals surface area contributed by atoms with Crippen LogP contribution in [0.3, 0.4) is 0 Å². The average Bonchev–Trinajstić information content (AvgIpc) is 2.39. The Labute approximate surface area is 118 Å². The molecule has 1 N–H and O–H groups in total. The highest BCUT2D eigenvalue weighted by atomic mass is 16.6. The molecule has 6 heteroatoms. The van der Waals surface area contributed by atoms with Crippen LogP contribution in [0.2, 0.25) is 0 Å². The third kappa shape index (κ3) is 3.84. The number of piperidine rings is 1. The SMILES string of the molecule is CC(C)Oc1cc(OC2CCNCC2)ccc1[N+](=O)[O-]. The number of rotatable bonds is 5. The second-order valence-corrected chi connectivity index (χ2v) is 5.12. The highest BCUT2D eigenvalue weighted by Gasteiger charge is 2.19. The van der Waals surface area contributed by atoms with Crippen molar-refractivity contribution in [2.75, 3.05) is 13.1 Å². The zero-order chi connectivity index (χ0) is 14.5. The van der Waals surface area contributed by atoms with Crippen LogP contribution in [0.1, 0.15) is 26.7 Å². The van der Waals surface area contributed by atoms with Gasteiger partial charge in [0.1, 0.15) is 11.9 Å². The largest absolute Gasteiger partial charge is 0.490 e. The Bertz CT molecular complexity index is 470. The molecule has 1 aliphatic heterocycles. The molecule has 0 saturated carbocycles. The molecule has 0 unspecified atom stereocenters. The monoisotopic (exact) mass is 280 g/mol. The van der Waals surface area contributed by atoms with Crippen LogP contribution < -0.4 is 14.8 Å². The van der Waals surface area contributed by atoms with E-state index in [9.17, 15) is 10.1 Å². The number of hydrogen-bond donors (Lipinski definition) is 1. The molecule has 110 valence electrons. The first kappa shape index (κ1) is 14.6. The summed E-state index contributed by atoms with van der Waals surface area (Å²) >= 11 is 0. The van der Waals surface area contributed by atoms with Gasteiger partial charge in [-0.15, -0.1) is 0 Å². The molecule has 0 radical (unpaired) electrons. The van der Waals surface area contributed by atoms with Gasteiger partial charge in [0.15, 0.2) is 0 Å². The Morgan fingerprint density at radius 2 is 2.05 bits per heavy atom. The van der Waals surface area contributed by atoms with Crippen LogP contribution in [-0.2, 0) is 0 Å². The third-order valence-electron chi connectivity index (χ3n) is 3.08. The van der Waals surface area contributed by atoms with E-state index >= 15 is 0 Å². The molecule has 1 saturated heterocycles. The van der Waals surface area contributed by atoms with E-state index in [0.29, 0.717) is 5.75 Å². The number of nitrogens with zero attached hydrogens (tertiary/aromatic N) is 1. The van der Waals surface area contributed by atoms with Gasteiger partial charge in [-0.25, -0.2) is 0 Å². The molecule has 0 aromatic heterocycles. The summed E-state index contributed by atoms with van der Waals surface area (Å²) < 4.78 is 11.4. The van der Waals surface area contributed by atoms with Gasteiger partial charge >= 0.3 is 5.69 Å². The van der Waals surface area contributed by atoms with Crippen molar-refractivity contribution in [3.8, 4) is 11.5 Å². The van der Waals surface area contributed by atoms with E-state index in [4.69, 9.17) is 9.47 Å². The molecule has 0 spiro atoms. The predicted molar refractivity (Wildman–Crippen MR) is 75.4 cm³/mol. The smallest absolute Gasteiger partial charge is 0.311 e. The summed E-state index contributed by atoms with van der Waals surface area (Å²) in [5.41, 5.74) is -0.0311. The Morgan fingerprint density at radius 3 is 2.65 bits per heavy atom. The molecule has 1 aromatic carbocycles. The minimum atomic E-state index is -0.438. The van der Waals surface area contributed by atoms with Crippen molar-refractivity contribution in [2.45, 2.75) is 38.9 Å². The molecule has 1 fully saturated rings. The molecule has 20 heavy (non-hydrogen) atoms. The van der Waals surface area contributed by atoms with Gasteiger partial charge in [0.05, 0.1) is 11.0 Å². The topological polar surface area (TPSA) is 73.6 Å². The van der Waals surface area contributed by atoms with Gasteiger partial charge in [-0.2, -0.15) is 0 Å². The fourth-order valence-corrected chi connectivity index (χ4v) is 2.17. The first-order valence-electron chi connectivity index (χ1n) is 6.88. The lowest BCUT2D eigenvalue weighted by atomic mass is 10.1. The molecule has 1 aliphatic rings. The molecular weight excluding hydrogens is 260 g/mol. The van der Waals surface area contributed by atoms with Gasteiger partial charge < -0.3 is 14.8 Å². The fourth-order valence-electron chi connectivity index (χ4n) is 2.17. The van der Waals surface area contributed by atoms with Crippen molar-refractivity contribution in [1.29, 1.82) is 0 Å². The standard InChI is InChI=1S/C14H20N2O4/c1-10(2)19-14-9-12(3-4-13(14)16(17)18)20-11-5-7-15-8-6-11/h3-4,9-11,15H,5-8H2,1-2H3. The molecule has 2 rings (SSSR count). The third-order valence-corrected chi connectivity index (χ3v) is 3.08. The van der Waals surface area contributed by atoms with E-state index in [0.717, 1.165) is 25.9 Å². The maximum atomic E-state index is 11.0. The summed E-state index contributed by atoms with van der Waals surface area (Å²) in [4.78, 5) is 10.5. The number of ether oxygens (including phenoxy) is 2. The van der Waals surface area contributed by atoms with Gasteiger partial charge in [-0.3, -0.25) is 10.1 Å². The molecule has 0 amide bonds. The summed E-state index contributed by atoms with van der Waals surface area (Å²) in [7, 11) is 0. The van der Waals surface area contributed by atoms with Crippen molar-refractivity contribution in [2.24, 2.45) is 0 Å². The number of nitrogens with one attached hydrogen (secondary N) is 1. The van der Waals surface area contributed by atoms with Crippen LogP contribution in [0.25, 0.3) is 0 Å². The first-order chi connectivity index (χ1) is 9.56. The van der Waals surface area contributed by atoms with Crippen molar-refractivity contribution >= 4 is 5.69 Å². The molecule has 1 heterocycles. The zero-order valence-corrected chi connectivity index (χ0v) is 11.8. The first-order valence-corrected chi connectivity index (χ1v) is 6.88. The Balaban J connectivity index is 2.15. The van der Waals surface area contributed by atoms with Crippen molar-refractivity contribution in [1.82, 2.24) is 5.32 Å². The van der Waals surface area contributed by atoms with Crippen LogP contribution in [-0.4, -0.2) is 30.2 Å². The van der Waals surface area contributed by atoms with E-state index < -0.39 is 4.92 Å². The van der Waals surface area contributed by atoms with Crippen molar-refractivity contribution < 1.29 is 14.4 Å². The zero-order valence-electron chi connectivity index (χ0n) is 11.8. The maximum Gasteiger partial charge on any atom is 0.311 e. The summed E-state index contributed by atoms with van der Waals surface area (Å²) in [6.07, 6.45) is 1.92. The van der Waals surface area contributed by atoms with Crippen molar-refractivity contribution in [3.05, 3.63) is 28.3 Å².